The van der Waals surface area contributed by atoms with E-state index in [4.69, 9.17) is 0 Å². The Morgan fingerprint density at radius 3 is 2.82 bits per heavy atom. The molecule has 1 saturated heterocycles. The predicted molar refractivity (Wildman–Crippen MR) is 107 cm³/mol. The van der Waals surface area contributed by atoms with Gasteiger partial charge in [-0.1, -0.05) is 0 Å². The fourth-order valence-corrected chi connectivity index (χ4v) is 4.18. The van der Waals surface area contributed by atoms with Crippen LogP contribution in [-0.2, 0) is 6.54 Å². The van der Waals surface area contributed by atoms with E-state index in [1.54, 1.807) is 14.1 Å². The molecule has 0 radical (unpaired) electrons. The van der Waals surface area contributed by atoms with E-state index in [1.165, 1.54) is 10.6 Å². The first-order valence-electron chi connectivity index (χ1n) is 10.0. The van der Waals surface area contributed by atoms with Crippen LogP contribution in [0.3, 0.4) is 0 Å². The SMILES string of the molecule is Cc1nc(C(=O)N(C)C)nc(N2CC[C@@H](NC3CCCn4nccc43)C2)c1C. The number of fused-ring (bicyclic) bond motifs is 1. The maximum absolute atomic E-state index is 12.4. The summed E-state index contributed by atoms with van der Waals surface area (Å²) in [6.07, 6.45) is 5.26. The maximum atomic E-state index is 12.4. The van der Waals surface area contributed by atoms with Crippen molar-refractivity contribution in [2.75, 3.05) is 32.1 Å². The van der Waals surface area contributed by atoms with Crippen LogP contribution in [0.1, 0.15) is 52.9 Å². The lowest BCUT2D eigenvalue weighted by molar-refractivity contribution is 0.0815. The molecular weight excluding hydrogens is 354 g/mol. The molecule has 1 fully saturated rings. The summed E-state index contributed by atoms with van der Waals surface area (Å²) < 4.78 is 2.12. The molecule has 8 heteroatoms. The Morgan fingerprint density at radius 1 is 1.21 bits per heavy atom. The second kappa shape index (κ2) is 7.50. The number of anilines is 1. The van der Waals surface area contributed by atoms with Gasteiger partial charge in [0.1, 0.15) is 5.82 Å². The Kier molecular flexibility index (Phi) is 5.05. The molecule has 4 heterocycles. The topological polar surface area (TPSA) is 79.2 Å². The van der Waals surface area contributed by atoms with Gasteiger partial charge in [-0.15, -0.1) is 0 Å². The summed E-state index contributed by atoms with van der Waals surface area (Å²) in [4.78, 5) is 25.2. The Hall–Kier alpha value is -2.48. The zero-order valence-corrected chi connectivity index (χ0v) is 17.1. The molecule has 0 saturated carbocycles. The van der Waals surface area contributed by atoms with E-state index in [0.717, 1.165) is 56.0 Å². The van der Waals surface area contributed by atoms with Gasteiger partial charge < -0.3 is 15.1 Å². The van der Waals surface area contributed by atoms with E-state index in [9.17, 15) is 4.79 Å². The fourth-order valence-electron chi connectivity index (χ4n) is 4.18. The normalized spacial score (nSPS) is 21.6. The third kappa shape index (κ3) is 3.48. The molecule has 0 aliphatic carbocycles. The van der Waals surface area contributed by atoms with Gasteiger partial charge in [0.05, 0.1) is 5.69 Å². The van der Waals surface area contributed by atoms with E-state index in [2.05, 4.69) is 36.0 Å². The summed E-state index contributed by atoms with van der Waals surface area (Å²) in [6.45, 7) is 6.81. The van der Waals surface area contributed by atoms with Crippen LogP contribution < -0.4 is 10.2 Å². The molecule has 2 atom stereocenters. The van der Waals surface area contributed by atoms with E-state index in [1.807, 2.05) is 20.0 Å². The molecular formula is C20H29N7O. The van der Waals surface area contributed by atoms with E-state index >= 15 is 0 Å². The molecule has 1 amide bonds. The van der Waals surface area contributed by atoms with Crippen molar-refractivity contribution in [2.24, 2.45) is 0 Å². The van der Waals surface area contributed by atoms with E-state index in [-0.39, 0.29) is 11.7 Å². The predicted octanol–water partition coefficient (Wildman–Crippen LogP) is 1.70. The minimum atomic E-state index is -0.159. The first kappa shape index (κ1) is 18.9. The number of carbonyl (C=O) groups is 1. The Bertz CT molecular complexity index is 875. The molecule has 1 unspecified atom stereocenters. The van der Waals surface area contributed by atoms with Crippen LogP contribution in [0.25, 0.3) is 0 Å². The quantitative estimate of drug-likeness (QED) is 0.866. The lowest BCUT2D eigenvalue weighted by atomic mass is 10.0. The molecule has 150 valence electrons. The smallest absolute Gasteiger partial charge is 0.291 e. The number of carbonyl (C=O) groups excluding carboxylic acids is 1. The van der Waals surface area contributed by atoms with Crippen molar-refractivity contribution in [1.29, 1.82) is 0 Å². The third-order valence-corrected chi connectivity index (χ3v) is 5.85. The molecule has 0 spiro atoms. The van der Waals surface area contributed by atoms with Gasteiger partial charge in [0.25, 0.3) is 5.91 Å². The summed E-state index contributed by atoms with van der Waals surface area (Å²) in [5.41, 5.74) is 3.20. The Morgan fingerprint density at radius 2 is 2.04 bits per heavy atom. The molecule has 28 heavy (non-hydrogen) atoms. The fraction of sp³-hybridized carbons (Fsp3) is 0.600. The second-order valence-corrected chi connectivity index (χ2v) is 8.05. The molecule has 0 bridgehead atoms. The van der Waals surface area contributed by atoms with Crippen LogP contribution in [0.5, 0.6) is 0 Å². The molecule has 2 aliphatic heterocycles. The number of nitrogens with zero attached hydrogens (tertiary/aromatic N) is 6. The van der Waals surface area contributed by atoms with Gasteiger partial charge in [-0.05, 0) is 39.2 Å². The zero-order chi connectivity index (χ0) is 19.8. The van der Waals surface area contributed by atoms with Gasteiger partial charge in [0, 0.05) is 63.3 Å². The molecule has 4 rings (SSSR count). The number of nitrogens with one attached hydrogen (secondary N) is 1. The number of hydrogen-bond acceptors (Lipinski definition) is 6. The highest BCUT2D eigenvalue weighted by atomic mass is 16.2. The van der Waals surface area contributed by atoms with Crippen LogP contribution >= 0.6 is 0 Å². The second-order valence-electron chi connectivity index (χ2n) is 8.05. The standard InChI is InChI=1S/C20H29N7O/c1-13-14(2)22-18(20(28)25(3)4)24-19(13)26-11-8-15(12-26)23-16-6-5-10-27-17(16)7-9-21-27/h7,9,15-16,23H,5-6,8,10-12H2,1-4H3/t15-,16?/m1/s1. The maximum Gasteiger partial charge on any atom is 0.291 e. The number of aryl methyl sites for hydroxylation is 2. The third-order valence-electron chi connectivity index (χ3n) is 5.85. The van der Waals surface area contributed by atoms with Gasteiger partial charge in [-0.25, -0.2) is 9.97 Å². The highest BCUT2D eigenvalue weighted by Gasteiger charge is 2.30. The minimum absolute atomic E-state index is 0.159. The number of hydrogen-bond donors (Lipinski definition) is 1. The molecule has 8 nitrogen and oxygen atoms in total. The average Bonchev–Trinajstić information content (AvgIpc) is 3.33. The van der Waals surface area contributed by atoms with Gasteiger partial charge in [0.2, 0.25) is 5.82 Å². The van der Waals surface area contributed by atoms with Crippen LogP contribution in [0, 0.1) is 13.8 Å². The van der Waals surface area contributed by atoms with Crippen molar-refractivity contribution in [3.63, 3.8) is 0 Å². The van der Waals surface area contributed by atoms with Crippen LogP contribution in [0.15, 0.2) is 12.3 Å². The first-order valence-corrected chi connectivity index (χ1v) is 10.0. The van der Waals surface area contributed by atoms with Crippen molar-refractivity contribution < 1.29 is 4.79 Å². The van der Waals surface area contributed by atoms with Crippen molar-refractivity contribution in [3.05, 3.63) is 35.0 Å². The molecule has 2 aromatic rings. The molecule has 2 aromatic heterocycles. The lowest BCUT2D eigenvalue weighted by Crippen LogP contribution is -2.38. The van der Waals surface area contributed by atoms with Crippen LogP contribution in [-0.4, -0.2) is 63.8 Å². The van der Waals surface area contributed by atoms with Gasteiger partial charge in [0.15, 0.2) is 0 Å². The highest BCUT2D eigenvalue weighted by molar-refractivity contribution is 5.90. The van der Waals surface area contributed by atoms with Crippen LogP contribution in [0.4, 0.5) is 5.82 Å². The van der Waals surface area contributed by atoms with Crippen molar-refractivity contribution >= 4 is 11.7 Å². The monoisotopic (exact) mass is 383 g/mol. The van der Waals surface area contributed by atoms with Crippen molar-refractivity contribution in [2.45, 2.75) is 51.7 Å². The van der Waals surface area contributed by atoms with Gasteiger partial charge >= 0.3 is 0 Å². The highest BCUT2D eigenvalue weighted by Crippen LogP contribution is 2.28. The van der Waals surface area contributed by atoms with Gasteiger partial charge in [-0.3, -0.25) is 9.48 Å². The summed E-state index contributed by atoms with van der Waals surface area (Å²) in [5, 5.41) is 8.25. The van der Waals surface area contributed by atoms with E-state index < -0.39 is 0 Å². The largest absolute Gasteiger partial charge is 0.355 e. The minimum Gasteiger partial charge on any atom is -0.355 e. The lowest BCUT2D eigenvalue weighted by Gasteiger charge is -2.28. The Balaban J connectivity index is 1.50. The molecule has 0 aromatic carbocycles. The van der Waals surface area contributed by atoms with Gasteiger partial charge in [-0.2, -0.15) is 5.10 Å². The van der Waals surface area contributed by atoms with Crippen LogP contribution in [0.2, 0.25) is 0 Å². The zero-order valence-electron chi connectivity index (χ0n) is 17.1. The van der Waals surface area contributed by atoms with Crippen molar-refractivity contribution in [1.82, 2.24) is 30.0 Å². The first-order chi connectivity index (χ1) is 13.4. The summed E-state index contributed by atoms with van der Waals surface area (Å²) in [6, 6.07) is 2.88. The summed E-state index contributed by atoms with van der Waals surface area (Å²) in [5.74, 6) is 1.00. The summed E-state index contributed by atoms with van der Waals surface area (Å²) in [7, 11) is 3.45. The Labute approximate surface area is 165 Å². The number of aromatic nitrogens is 4. The average molecular weight is 384 g/mol. The number of amides is 1. The summed E-state index contributed by atoms with van der Waals surface area (Å²) >= 11 is 0. The number of rotatable bonds is 4. The molecule has 1 N–H and O–H groups in total. The van der Waals surface area contributed by atoms with E-state index in [0.29, 0.717) is 12.1 Å². The van der Waals surface area contributed by atoms with Crippen molar-refractivity contribution in [3.8, 4) is 0 Å². The molecule has 2 aliphatic rings.